The van der Waals surface area contributed by atoms with Crippen molar-refractivity contribution in [1.82, 2.24) is 10.3 Å². The lowest BCUT2D eigenvalue weighted by Crippen LogP contribution is -2.23. The second-order valence-electron chi connectivity index (χ2n) is 3.96. The fourth-order valence-corrected chi connectivity index (χ4v) is 1.82. The summed E-state index contributed by atoms with van der Waals surface area (Å²) < 4.78 is 5.00. The van der Waals surface area contributed by atoms with Gasteiger partial charge in [0.1, 0.15) is 0 Å². The summed E-state index contributed by atoms with van der Waals surface area (Å²) in [5.41, 5.74) is 4.30. The van der Waals surface area contributed by atoms with E-state index in [9.17, 15) is 0 Å². The van der Waals surface area contributed by atoms with Crippen LogP contribution >= 0.6 is 11.3 Å². The molecule has 0 atom stereocenters. The van der Waals surface area contributed by atoms with E-state index in [1.54, 1.807) is 18.4 Å². The molecule has 4 heteroatoms. The number of rotatable bonds is 7. The van der Waals surface area contributed by atoms with Gasteiger partial charge < -0.3 is 10.1 Å². The summed E-state index contributed by atoms with van der Waals surface area (Å²) >= 11 is 1.63. The summed E-state index contributed by atoms with van der Waals surface area (Å²) in [5.74, 6) is 0.539. The van der Waals surface area contributed by atoms with Crippen molar-refractivity contribution < 1.29 is 4.74 Å². The van der Waals surface area contributed by atoms with Crippen LogP contribution in [-0.2, 0) is 4.74 Å². The maximum absolute atomic E-state index is 5.00. The summed E-state index contributed by atoms with van der Waals surface area (Å²) in [5, 5.41) is 5.43. The third-order valence-electron chi connectivity index (χ3n) is 2.34. The number of methoxy groups -OCH3 is 1. The van der Waals surface area contributed by atoms with Crippen LogP contribution in [0.3, 0.4) is 0 Å². The number of hydrogen-bond donors (Lipinski definition) is 1. The predicted molar refractivity (Wildman–Crippen MR) is 69.7 cm³/mol. The van der Waals surface area contributed by atoms with Crippen LogP contribution in [0.4, 0.5) is 0 Å². The topological polar surface area (TPSA) is 34.1 Å². The second kappa shape index (κ2) is 7.54. The molecule has 1 aromatic heterocycles. The highest BCUT2D eigenvalue weighted by atomic mass is 32.1. The summed E-state index contributed by atoms with van der Waals surface area (Å²) in [6.07, 6.45) is 2.17. The monoisotopic (exact) mass is 240 g/mol. The molecular weight excluding hydrogens is 220 g/mol. The van der Waals surface area contributed by atoms with Gasteiger partial charge in [-0.25, -0.2) is 4.98 Å². The molecule has 0 aliphatic heterocycles. The van der Waals surface area contributed by atoms with Crippen molar-refractivity contribution in [3.63, 3.8) is 0 Å². The molecule has 16 heavy (non-hydrogen) atoms. The van der Waals surface area contributed by atoms with Gasteiger partial charge in [-0.1, -0.05) is 19.4 Å². The van der Waals surface area contributed by atoms with E-state index in [0.717, 1.165) is 25.4 Å². The molecule has 0 amide bonds. The Kier molecular flexibility index (Phi) is 6.30. The third-order valence-corrected chi connectivity index (χ3v) is 2.94. The molecule has 1 N–H and O–H groups in total. The normalized spacial score (nSPS) is 12.4. The number of ether oxygens (including phenoxy) is 1. The second-order valence-corrected chi connectivity index (χ2v) is 4.68. The summed E-state index contributed by atoms with van der Waals surface area (Å²) in [6.45, 7) is 6.95. The number of nitrogens with zero attached hydrogens (tertiary/aromatic N) is 1. The zero-order valence-electron chi connectivity index (χ0n) is 10.2. The Balaban J connectivity index is 2.48. The first kappa shape index (κ1) is 13.4. The number of hydrogen-bond acceptors (Lipinski definition) is 4. The minimum absolute atomic E-state index is 0.539. The summed E-state index contributed by atoms with van der Waals surface area (Å²) in [6, 6.07) is 0. The highest BCUT2D eigenvalue weighted by molar-refractivity contribution is 7.07. The Labute approximate surface area is 102 Å². The lowest BCUT2D eigenvalue weighted by Gasteiger charge is -2.12. The molecule has 0 aromatic carbocycles. The van der Waals surface area contributed by atoms with Crippen molar-refractivity contribution in [2.24, 2.45) is 5.92 Å². The minimum atomic E-state index is 0.539. The number of aromatic nitrogens is 1. The van der Waals surface area contributed by atoms with Crippen LogP contribution in [0.15, 0.2) is 16.5 Å². The van der Waals surface area contributed by atoms with Gasteiger partial charge in [-0.3, -0.25) is 0 Å². The molecule has 90 valence electrons. The van der Waals surface area contributed by atoms with E-state index in [-0.39, 0.29) is 0 Å². The standard InChI is InChI=1S/C12H20N2OS/c1-10(2)11(7-13-4-5-15-3)6-12-8-16-9-14-12/h6,8-10,13H,4-5,7H2,1-3H3. The van der Waals surface area contributed by atoms with Gasteiger partial charge in [0.2, 0.25) is 0 Å². The van der Waals surface area contributed by atoms with Crippen LogP contribution < -0.4 is 5.32 Å². The average molecular weight is 240 g/mol. The van der Waals surface area contributed by atoms with E-state index in [1.807, 2.05) is 5.51 Å². The quantitative estimate of drug-likeness (QED) is 0.743. The lowest BCUT2D eigenvalue weighted by molar-refractivity contribution is 0.200. The first-order valence-electron chi connectivity index (χ1n) is 5.52. The highest BCUT2D eigenvalue weighted by Gasteiger charge is 2.03. The van der Waals surface area contributed by atoms with Crippen molar-refractivity contribution in [1.29, 1.82) is 0 Å². The van der Waals surface area contributed by atoms with Gasteiger partial charge in [-0.05, 0) is 12.0 Å². The van der Waals surface area contributed by atoms with Crippen molar-refractivity contribution in [3.8, 4) is 0 Å². The van der Waals surface area contributed by atoms with E-state index in [1.165, 1.54) is 5.57 Å². The highest BCUT2D eigenvalue weighted by Crippen LogP contribution is 2.13. The third kappa shape index (κ3) is 4.88. The Morgan fingerprint density at radius 1 is 1.62 bits per heavy atom. The van der Waals surface area contributed by atoms with Crippen molar-refractivity contribution in [2.75, 3.05) is 26.8 Å². The van der Waals surface area contributed by atoms with Crippen LogP contribution in [0.1, 0.15) is 19.5 Å². The van der Waals surface area contributed by atoms with Gasteiger partial charge in [-0.15, -0.1) is 11.3 Å². The van der Waals surface area contributed by atoms with Crippen LogP contribution in [0.25, 0.3) is 6.08 Å². The van der Waals surface area contributed by atoms with Crippen molar-refractivity contribution in [3.05, 3.63) is 22.2 Å². The average Bonchev–Trinajstić information content (AvgIpc) is 2.75. The summed E-state index contributed by atoms with van der Waals surface area (Å²) in [4.78, 5) is 4.27. The molecule has 0 unspecified atom stereocenters. The molecule has 3 nitrogen and oxygen atoms in total. The molecule has 0 aliphatic rings. The largest absolute Gasteiger partial charge is 0.383 e. The molecule has 1 heterocycles. The predicted octanol–water partition coefficient (Wildman–Crippen LogP) is 2.42. The number of thiazole rings is 1. The fourth-order valence-electron chi connectivity index (χ4n) is 1.31. The number of nitrogens with one attached hydrogen (secondary N) is 1. The van der Waals surface area contributed by atoms with Crippen LogP contribution in [0.2, 0.25) is 0 Å². The SMILES string of the molecule is COCCNCC(=Cc1cscn1)C(C)C. The molecule has 0 saturated heterocycles. The van der Waals surface area contributed by atoms with E-state index in [4.69, 9.17) is 4.74 Å². The van der Waals surface area contributed by atoms with Gasteiger partial charge in [0.15, 0.2) is 0 Å². The molecule has 0 bridgehead atoms. The molecule has 0 aliphatic carbocycles. The maximum atomic E-state index is 5.00. The van der Waals surface area contributed by atoms with E-state index < -0.39 is 0 Å². The van der Waals surface area contributed by atoms with Crippen LogP contribution in [0.5, 0.6) is 0 Å². The smallest absolute Gasteiger partial charge is 0.0798 e. The Hall–Kier alpha value is -0.710. The first-order chi connectivity index (χ1) is 7.74. The Morgan fingerprint density at radius 3 is 3.00 bits per heavy atom. The van der Waals surface area contributed by atoms with Crippen molar-refractivity contribution in [2.45, 2.75) is 13.8 Å². The van der Waals surface area contributed by atoms with Gasteiger partial charge in [-0.2, -0.15) is 0 Å². The lowest BCUT2D eigenvalue weighted by atomic mass is 10.0. The fraction of sp³-hybridized carbons (Fsp3) is 0.583. The zero-order chi connectivity index (χ0) is 11.8. The van der Waals surface area contributed by atoms with E-state index in [0.29, 0.717) is 5.92 Å². The Bertz CT molecular complexity index is 307. The van der Waals surface area contributed by atoms with Gasteiger partial charge in [0, 0.05) is 25.6 Å². The maximum Gasteiger partial charge on any atom is 0.0798 e. The first-order valence-corrected chi connectivity index (χ1v) is 6.46. The minimum Gasteiger partial charge on any atom is -0.383 e. The van der Waals surface area contributed by atoms with Crippen LogP contribution in [0, 0.1) is 5.92 Å². The van der Waals surface area contributed by atoms with Gasteiger partial charge in [0.05, 0.1) is 17.8 Å². The van der Waals surface area contributed by atoms with E-state index >= 15 is 0 Å². The molecular formula is C12H20N2OS. The van der Waals surface area contributed by atoms with Gasteiger partial charge in [0.25, 0.3) is 0 Å². The van der Waals surface area contributed by atoms with Gasteiger partial charge >= 0.3 is 0 Å². The molecule has 0 radical (unpaired) electrons. The molecule has 0 fully saturated rings. The van der Waals surface area contributed by atoms with Crippen molar-refractivity contribution >= 4 is 17.4 Å². The zero-order valence-corrected chi connectivity index (χ0v) is 11.0. The molecule has 1 rings (SSSR count). The summed E-state index contributed by atoms with van der Waals surface area (Å²) in [7, 11) is 1.72. The molecule has 0 spiro atoms. The van der Waals surface area contributed by atoms with E-state index in [2.05, 4.69) is 35.6 Å². The molecule has 0 saturated carbocycles. The van der Waals surface area contributed by atoms with Crippen LogP contribution in [-0.4, -0.2) is 31.8 Å². The molecule has 1 aromatic rings. The Morgan fingerprint density at radius 2 is 2.44 bits per heavy atom.